The molecule has 19 heavy (non-hydrogen) atoms. The van der Waals surface area contributed by atoms with Crippen LogP contribution in [0.4, 0.5) is 0 Å². The maximum atomic E-state index is 6.05. The van der Waals surface area contributed by atoms with E-state index in [-0.39, 0.29) is 0 Å². The first kappa shape index (κ1) is 15.3. The van der Waals surface area contributed by atoms with E-state index < -0.39 is 0 Å². The number of nitrogens with one attached hydrogen (secondary N) is 1. The van der Waals surface area contributed by atoms with Gasteiger partial charge in [-0.1, -0.05) is 18.5 Å². The molecule has 108 valence electrons. The Hall–Kier alpha value is -0.0900. The molecule has 2 atom stereocenters. The van der Waals surface area contributed by atoms with Crippen molar-refractivity contribution in [1.29, 1.82) is 0 Å². The smallest absolute Gasteiger partial charge is 0.0931 e. The van der Waals surface area contributed by atoms with Gasteiger partial charge in [0.1, 0.15) is 0 Å². The lowest BCUT2D eigenvalue weighted by atomic mass is 10.0. The molecular weight excluding hydrogens is 278 g/mol. The lowest BCUT2D eigenvalue weighted by Crippen LogP contribution is -2.25. The van der Waals surface area contributed by atoms with Crippen LogP contribution in [-0.2, 0) is 4.74 Å². The molecule has 1 aromatic rings. The van der Waals surface area contributed by atoms with Gasteiger partial charge in [0.25, 0.3) is 0 Å². The van der Waals surface area contributed by atoms with Crippen LogP contribution >= 0.6 is 22.9 Å². The van der Waals surface area contributed by atoms with Crippen LogP contribution in [0.5, 0.6) is 0 Å². The molecule has 1 N–H and O–H groups in total. The highest BCUT2D eigenvalue weighted by Crippen LogP contribution is 2.30. The molecule has 0 spiro atoms. The summed E-state index contributed by atoms with van der Waals surface area (Å²) >= 11 is 7.75. The van der Waals surface area contributed by atoms with Crippen LogP contribution in [0.1, 0.15) is 56.4 Å². The van der Waals surface area contributed by atoms with Crippen molar-refractivity contribution in [3.63, 3.8) is 0 Å². The molecule has 1 aliphatic rings. The van der Waals surface area contributed by atoms with Crippen molar-refractivity contribution in [2.45, 2.75) is 57.6 Å². The van der Waals surface area contributed by atoms with E-state index in [1.165, 1.54) is 24.1 Å². The number of hydrogen-bond acceptors (Lipinski definition) is 3. The Morgan fingerprint density at radius 3 is 3.00 bits per heavy atom. The molecule has 1 aliphatic heterocycles. The average molecular weight is 302 g/mol. The van der Waals surface area contributed by atoms with Crippen LogP contribution in [0.15, 0.2) is 12.1 Å². The number of thiophene rings is 1. The Balaban J connectivity index is 1.86. The first-order chi connectivity index (χ1) is 9.29. The van der Waals surface area contributed by atoms with E-state index in [4.69, 9.17) is 16.3 Å². The zero-order valence-corrected chi connectivity index (χ0v) is 13.2. The fourth-order valence-electron chi connectivity index (χ4n) is 2.57. The summed E-state index contributed by atoms with van der Waals surface area (Å²) in [5, 5.41) is 3.63. The lowest BCUT2D eigenvalue weighted by molar-refractivity contribution is 0.00860. The molecule has 0 aliphatic carbocycles. The summed E-state index contributed by atoms with van der Waals surface area (Å²) in [4.78, 5) is 1.36. The van der Waals surface area contributed by atoms with Crippen molar-refractivity contribution in [2.24, 2.45) is 0 Å². The predicted molar refractivity (Wildman–Crippen MR) is 83.2 cm³/mol. The van der Waals surface area contributed by atoms with Crippen molar-refractivity contribution >= 4 is 22.9 Å². The Morgan fingerprint density at radius 2 is 2.37 bits per heavy atom. The Bertz CT molecular complexity index is 363. The predicted octanol–water partition coefficient (Wildman–Crippen LogP) is 4.79. The number of rotatable bonds is 7. The quantitative estimate of drug-likeness (QED) is 0.781. The standard InChI is InChI=1S/C15H24ClNOS/c1-2-10-17-13(14-8-9-15(16)19-14)7-6-12-5-3-4-11-18-12/h8-9,12-13,17H,2-7,10-11H2,1H3. The summed E-state index contributed by atoms with van der Waals surface area (Å²) in [6, 6.07) is 4.59. The van der Waals surface area contributed by atoms with Crippen molar-refractivity contribution in [3.8, 4) is 0 Å². The van der Waals surface area contributed by atoms with E-state index in [0.29, 0.717) is 12.1 Å². The fraction of sp³-hybridized carbons (Fsp3) is 0.733. The highest BCUT2D eigenvalue weighted by atomic mass is 35.5. The molecule has 0 radical (unpaired) electrons. The van der Waals surface area contributed by atoms with Gasteiger partial charge in [0.05, 0.1) is 10.4 Å². The SMILES string of the molecule is CCCNC(CCC1CCCCO1)c1ccc(Cl)s1. The summed E-state index contributed by atoms with van der Waals surface area (Å²) < 4.78 is 6.71. The Kier molecular flexibility index (Phi) is 6.65. The van der Waals surface area contributed by atoms with Crippen LogP contribution in [0.3, 0.4) is 0 Å². The summed E-state index contributed by atoms with van der Waals surface area (Å²) in [5.41, 5.74) is 0. The fourth-order valence-corrected chi connectivity index (χ4v) is 3.74. The third-order valence-electron chi connectivity index (χ3n) is 3.63. The molecule has 2 rings (SSSR count). The van der Waals surface area contributed by atoms with Gasteiger partial charge in [-0.3, -0.25) is 0 Å². The molecule has 0 aromatic carbocycles. The van der Waals surface area contributed by atoms with Crippen LogP contribution in [0.25, 0.3) is 0 Å². The third-order valence-corrected chi connectivity index (χ3v) is 4.97. The summed E-state index contributed by atoms with van der Waals surface area (Å²) in [5.74, 6) is 0. The van der Waals surface area contributed by atoms with Crippen LogP contribution in [-0.4, -0.2) is 19.3 Å². The van der Waals surface area contributed by atoms with Gasteiger partial charge in [-0.05, 0) is 57.2 Å². The molecule has 1 saturated heterocycles. The van der Waals surface area contributed by atoms with Crippen molar-refractivity contribution in [1.82, 2.24) is 5.32 Å². The molecule has 1 aromatic heterocycles. The molecule has 2 nitrogen and oxygen atoms in total. The van der Waals surface area contributed by atoms with E-state index in [0.717, 1.165) is 36.8 Å². The zero-order valence-electron chi connectivity index (χ0n) is 11.7. The van der Waals surface area contributed by atoms with E-state index in [1.54, 1.807) is 11.3 Å². The second-order valence-electron chi connectivity index (χ2n) is 5.21. The minimum absolute atomic E-state index is 0.433. The molecule has 4 heteroatoms. The van der Waals surface area contributed by atoms with Gasteiger partial charge in [-0.2, -0.15) is 0 Å². The molecule has 2 heterocycles. The van der Waals surface area contributed by atoms with Gasteiger partial charge >= 0.3 is 0 Å². The minimum Gasteiger partial charge on any atom is -0.378 e. The van der Waals surface area contributed by atoms with E-state index in [9.17, 15) is 0 Å². The van der Waals surface area contributed by atoms with Gasteiger partial charge < -0.3 is 10.1 Å². The molecule has 2 unspecified atom stereocenters. The molecule has 1 fully saturated rings. The van der Waals surface area contributed by atoms with Gasteiger partial charge in [0.2, 0.25) is 0 Å². The summed E-state index contributed by atoms with van der Waals surface area (Å²) in [7, 11) is 0. The van der Waals surface area contributed by atoms with Crippen molar-refractivity contribution in [2.75, 3.05) is 13.2 Å². The second kappa shape index (κ2) is 8.25. The topological polar surface area (TPSA) is 21.3 Å². The molecule has 0 bridgehead atoms. The maximum absolute atomic E-state index is 6.05. The maximum Gasteiger partial charge on any atom is 0.0931 e. The summed E-state index contributed by atoms with van der Waals surface area (Å²) in [6.45, 7) is 4.21. The first-order valence-corrected chi connectivity index (χ1v) is 8.59. The first-order valence-electron chi connectivity index (χ1n) is 7.40. The number of ether oxygens (including phenoxy) is 1. The number of hydrogen-bond donors (Lipinski definition) is 1. The van der Waals surface area contributed by atoms with Crippen LogP contribution in [0.2, 0.25) is 4.34 Å². The molecule has 0 amide bonds. The third kappa shape index (κ3) is 5.07. The van der Waals surface area contributed by atoms with Crippen molar-refractivity contribution in [3.05, 3.63) is 21.3 Å². The largest absolute Gasteiger partial charge is 0.378 e. The van der Waals surface area contributed by atoms with Crippen LogP contribution in [0, 0.1) is 0 Å². The highest BCUT2D eigenvalue weighted by molar-refractivity contribution is 7.16. The van der Waals surface area contributed by atoms with Gasteiger partial charge in [0.15, 0.2) is 0 Å². The van der Waals surface area contributed by atoms with E-state index >= 15 is 0 Å². The van der Waals surface area contributed by atoms with E-state index in [1.807, 2.05) is 6.07 Å². The molecule has 0 saturated carbocycles. The Labute approximate surface area is 125 Å². The minimum atomic E-state index is 0.433. The summed E-state index contributed by atoms with van der Waals surface area (Å²) in [6.07, 6.45) is 7.70. The van der Waals surface area contributed by atoms with Crippen LogP contribution < -0.4 is 5.32 Å². The number of halogens is 1. The lowest BCUT2D eigenvalue weighted by Gasteiger charge is -2.25. The zero-order chi connectivity index (χ0) is 13.5. The average Bonchev–Trinajstić information content (AvgIpc) is 2.86. The monoisotopic (exact) mass is 301 g/mol. The van der Waals surface area contributed by atoms with Gasteiger partial charge in [-0.25, -0.2) is 0 Å². The van der Waals surface area contributed by atoms with E-state index in [2.05, 4.69) is 18.3 Å². The highest BCUT2D eigenvalue weighted by Gasteiger charge is 2.18. The van der Waals surface area contributed by atoms with Gasteiger partial charge in [0, 0.05) is 17.5 Å². The second-order valence-corrected chi connectivity index (χ2v) is 6.96. The van der Waals surface area contributed by atoms with Gasteiger partial charge in [-0.15, -0.1) is 11.3 Å². The molecular formula is C15H24ClNOS. The Morgan fingerprint density at radius 1 is 1.47 bits per heavy atom. The van der Waals surface area contributed by atoms with Crippen molar-refractivity contribution < 1.29 is 4.74 Å². The normalized spacial score (nSPS) is 21.5.